The Labute approximate surface area is 201 Å². The number of carbonyl (C=O) groups is 1. The Kier molecular flexibility index (Phi) is 9.42. The van der Waals surface area contributed by atoms with Gasteiger partial charge in [0.2, 0.25) is 5.91 Å². The third kappa shape index (κ3) is 6.75. The molecule has 3 rings (SSSR count). The number of methoxy groups -OCH3 is 2. The fraction of sp³-hybridized carbons (Fsp3) is 0.391. The fourth-order valence-corrected chi connectivity index (χ4v) is 3.51. The second kappa shape index (κ2) is 11.8. The van der Waals surface area contributed by atoms with Crippen molar-refractivity contribution in [3.8, 4) is 11.5 Å². The third-order valence-corrected chi connectivity index (χ3v) is 5.23. The SMILES string of the molecule is COc1cc2c(cc1OC)CN(C(=O)CCCN=C(N)Nc1ccc(C)cc1)CC2.I. The van der Waals surface area contributed by atoms with E-state index in [2.05, 4.69) is 10.3 Å². The molecule has 0 spiro atoms. The van der Waals surface area contributed by atoms with Crippen molar-refractivity contribution in [1.29, 1.82) is 0 Å². The summed E-state index contributed by atoms with van der Waals surface area (Å²) in [5.41, 5.74) is 10.3. The summed E-state index contributed by atoms with van der Waals surface area (Å²) in [5, 5.41) is 3.06. The van der Waals surface area contributed by atoms with Gasteiger partial charge in [0.25, 0.3) is 0 Å². The van der Waals surface area contributed by atoms with Crippen LogP contribution in [0.1, 0.15) is 29.5 Å². The normalized spacial score (nSPS) is 13.1. The number of aliphatic imine (C=N–C) groups is 1. The van der Waals surface area contributed by atoms with Gasteiger partial charge in [0.05, 0.1) is 14.2 Å². The van der Waals surface area contributed by atoms with Gasteiger partial charge in [-0.25, -0.2) is 0 Å². The number of amides is 1. The van der Waals surface area contributed by atoms with Crippen LogP contribution in [0.5, 0.6) is 11.5 Å². The number of fused-ring (bicyclic) bond motifs is 1. The molecule has 0 bridgehead atoms. The van der Waals surface area contributed by atoms with Crippen LogP contribution in [0.4, 0.5) is 5.69 Å². The minimum absolute atomic E-state index is 0. The summed E-state index contributed by atoms with van der Waals surface area (Å²) in [6.45, 7) is 3.84. The van der Waals surface area contributed by atoms with Crippen molar-refractivity contribution in [2.24, 2.45) is 10.7 Å². The number of halogens is 1. The number of ether oxygens (including phenoxy) is 2. The quantitative estimate of drug-likeness (QED) is 0.243. The number of rotatable bonds is 7. The fourth-order valence-electron chi connectivity index (χ4n) is 3.51. The van der Waals surface area contributed by atoms with E-state index in [1.807, 2.05) is 48.2 Å². The number of carbonyl (C=O) groups excluding carboxylic acids is 1. The van der Waals surface area contributed by atoms with Crippen molar-refractivity contribution in [3.63, 3.8) is 0 Å². The van der Waals surface area contributed by atoms with E-state index in [0.717, 1.165) is 23.4 Å². The van der Waals surface area contributed by atoms with Crippen molar-refractivity contribution in [2.45, 2.75) is 32.7 Å². The monoisotopic (exact) mass is 538 g/mol. The van der Waals surface area contributed by atoms with Gasteiger partial charge in [0.1, 0.15) is 0 Å². The third-order valence-electron chi connectivity index (χ3n) is 5.23. The molecule has 2 aromatic rings. The molecule has 8 heteroatoms. The molecule has 7 nitrogen and oxygen atoms in total. The van der Waals surface area contributed by atoms with Crippen LogP contribution in [0.3, 0.4) is 0 Å². The first-order chi connectivity index (χ1) is 14.5. The highest BCUT2D eigenvalue weighted by Crippen LogP contribution is 2.33. The van der Waals surface area contributed by atoms with Gasteiger partial charge in [-0.3, -0.25) is 9.79 Å². The van der Waals surface area contributed by atoms with Gasteiger partial charge in [-0.2, -0.15) is 0 Å². The molecule has 0 saturated carbocycles. The van der Waals surface area contributed by atoms with E-state index >= 15 is 0 Å². The largest absolute Gasteiger partial charge is 0.493 e. The number of nitrogens with two attached hydrogens (primary N) is 1. The molecule has 0 aromatic heterocycles. The Morgan fingerprint density at radius 3 is 2.42 bits per heavy atom. The molecule has 0 unspecified atom stereocenters. The molecule has 3 N–H and O–H groups in total. The summed E-state index contributed by atoms with van der Waals surface area (Å²) < 4.78 is 10.8. The lowest BCUT2D eigenvalue weighted by atomic mass is 9.98. The lowest BCUT2D eigenvalue weighted by Gasteiger charge is -2.29. The van der Waals surface area contributed by atoms with E-state index in [0.29, 0.717) is 44.2 Å². The van der Waals surface area contributed by atoms with E-state index in [4.69, 9.17) is 15.2 Å². The minimum Gasteiger partial charge on any atom is -0.493 e. The van der Waals surface area contributed by atoms with Crippen LogP contribution in [-0.4, -0.2) is 44.1 Å². The van der Waals surface area contributed by atoms with Gasteiger partial charge in [0.15, 0.2) is 17.5 Å². The molecule has 0 fully saturated rings. The maximum atomic E-state index is 12.6. The van der Waals surface area contributed by atoms with Gasteiger partial charge in [-0.15, -0.1) is 24.0 Å². The summed E-state index contributed by atoms with van der Waals surface area (Å²) in [5.74, 6) is 1.91. The number of benzene rings is 2. The summed E-state index contributed by atoms with van der Waals surface area (Å²) in [6.07, 6.45) is 1.92. The molecule has 0 saturated heterocycles. The zero-order valence-corrected chi connectivity index (χ0v) is 20.6. The van der Waals surface area contributed by atoms with E-state index in [9.17, 15) is 4.79 Å². The molecule has 0 radical (unpaired) electrons. The van der Waals surface area contributed by atoms with Crippen molar-refractivity contribution in [2.75, 3.05) is 32.6 Å². The smallest absolute Gasteiger partial charge is 0.222 e. The average molecular weight is 538 g/mol. The van der Waals surface area contributed by atoms with Gasteiger partial charge in [-0.1, -0.05) is 17.7 Å². The molecule has 1 heterocycles. The van der Waals surface area contributed by atoms with Crippen LogP contribution in [-0.2, 0) is 17.8 Å². The van der Waals surface area contributed by atoms with Gasteiger partial charge < -0.3 is 25.4 Å². The molecule has 1 amide bonds. The van der Waals surface area contributed by atoms with Crippen LogP contribution in [0.25, 0.3) is 0 Å². The first-order valence-corrected chi connectivity index (χ1v) is 10.2. The predicted molar refractivity (Wildman–Crippen MR) is 135 cm³/mol. The standard InChI is InChI=1S/C23H30N4O3.HI/c1-16-6-8-19(9-7-16)26-23(24)25-11-4-5-22(28)27-12-10-17-13-20(29-2)21(30-3)14-18(17)15-27;/h6-9,13-14H,4-5,10-12,15H2,1-3H3,(H3,24,25,26);1H. The van der Waals surface area contributed by atoms with Crippen molar-refractivity contribution < 1.29 is 14.3 Å². The lowest BCUT2D eigenvalue weighted by Crippen LogP contribution is -2.36. The number of guanidine groups is 1. The molecule has 2 aromatic carbocycles. The molecule has 31 heavy (non-hydrogen) atoms. The zero-order valence-electron chi connectivity index (χ0n) is 18.3. The number of hydrogen-bond acceptors (Lipinski definition) is 4. The highest BCUT2D eigenvalue weighted by atomic mass is 127. The van der Waals surface area contributed by atoms with Crippen LogP contribution in [0.15, 0.2) is 41.4 Å². The molecular formula is C23H31IN4O3. The highest BCUT2D eigenvalue weighted by molar-refractivity contribution is 14.0. The van der Waals surface area contributed by atoms with Gasteiger partial charge >= 0.3 is 0 Å². The summed E-state index contributed by atoms with van der Waals surface area (Å²) >= 11 is 0. The van der Waals surface area contributed by atoms with Crippen molar-refractivity contribution >= 4 is 41.5 Å². The first kappa shape index (κ1) is 24.8. The first-order valence-electron chi connectivity index (χ1n) is 10.2. The van der Waals surface area contributed by atoms with Crippen molar-refractivity contribution in [3.05, 3.63) is 53.1 Å². The van der Waals surface area contributed by atoms with Gasteiger partial charge in [-0.05, 0) is 55.2 Å². The summed E-state index contributed by atoms with van der Waals surface area (Å²) in [6, 6.07) is 11.9. The summed E-state index contributed by atoms with van der Waals surface area (Å²) in [4.78, 5) is 18.8. The molecular weight excluding hydrogens is 507 g/mol. The second-order valence-electron chi connectivity index (χ2n) is 7.40. The Hall–Kier alpha value is -2.49. The molecule has 1 aliphatic rings. The Morgan fingerprint density at radius 1 is 1.13 bits per heavy atom. The molecule has 168 valence electrons. The zero-order chi connectivity index (χ0) is 21.5. The highest BCUT2D eigenvalue weighted by Gasteiger charge is 2.22. The van der Waals surface area contributed by atoms with E-state index < -0.39 is 0 Å². The molecule has 0 aliphatic carbocycles. The topological polar surface area (TPSA) is 89.2 Å². The van der Waals surface area contributed by atoms with Crippen LogP contribution < -0.4 is 20.5 Å². The number of anilines is 1. The van der Waals surface area contributed by atoms with Crippen LogP contribution in [0.2, 0.25) is 0 Å². The van der Waals surface area contributed by atoms with E-state index in [1.165, 1.54) is 11.1 Å². The van der Waals surface area contributed by atoms with E-state index in [-0.39, 0.29) is 29.9 Å². The molecule has 1 aliphatic heterocycles. The Bertz CT molecular complexity index is 916. The van der Waals surface area contributed by atoms with Crippen LogP contribution >= 0.6 is 24.0 Å². The van der Waals surface area contributed by atoms with Gasteiger partial charge in [0, 0.05) is 31.7 Å². The number of nitrogens with one attached hydrogen (secondary N) is 1. The second-order valence-corrected chi connectivity index (χ2v) is 7.40. The Morgan fingerprint density at radius 2 is 1.77 bits per heavy atom. The predicted octanol–water partition coefficient (Wildman–Crippen LogP) is 3.72. The lowest BCUT2D eigenvalue weighted by molar-refractivity contribution is -0.132. The summed E-state index contributed by atoms with van der Waals surface area (Å²) in [7, 11) is 3.25. The number of hydrogen-bond donors (Lipinski definition) is 2. The Balaban J connectivity index is 0.00000341. The van der Waals surface area contributed by atoms with E-state index in [1.54, 1.807) is 14.2 Å². The maximum Gasteiger partial charge on any atom is 0.222 e. The average Bonchev–Trinajstić information content (AvgIpc) is 2.76. The number of aryl methyl sites for hydroxylation is 1. The number of nitrogens with zero attached hydrogens (tertiary/aromatic N) is 2. The molecule has 0 atom stereocenters. The van der Waals surface area contributed by atoms with Crippen LogP contribution in [0, 0.1) is 6.92 Å². The van der Waals surface area contributed by atoms with Crippen molar-refractivity contribution in [1.82, 2.24) is 4.90 Å². The maximum absolute atomic E-state index is 12.6. The minimum atomic E-state index is 0.